The first-order valence-corrected chi connectivity index (χ1v) is 23.6. The Balaban J connectivity index is 1.20. The highest BCUT2D eigenvalue weighted by Crippen LogP contribution is 2.31. The SMILES string of the molecule is C[C@@H](CC(=O)CCOCCOCCOCCOCCNC(=O)CCN1C(=O)C=CC1=O)C(=O)NCCOCC(=O)NCCC(=O)Nc1cc(COC(=O)C(C)(C)C)ccc1O[C@@H]1O[C@H](CO)[C@H](O)[C@H](O)[C@H]1O. The van der Waals surface area contributed by atoms with Crippen LogP contribution in [0, 0.1) is 11.3 Å². The van der Waals surface area contributed by atoms with Crippen molar-refractivity contribution >= 4 is 52.9 Å². The molecular weight excluding hydrogens is 955 g/mol. The highest BCUT2D eigenvalue weighted by Gasteiger charge is 2.45. The van der Waals surface area contributed by atoms with Crippen LogP contribution in [-0.4, -0.2) is 202 Å². The maximum atomic E-state index is 13.0. The molecular formula is C47H71N5O20. The third-order valence-corrected chi connectivity index (χ3v) is 10.5. The van der Waals surface area contributed by atoms with Crippen molar-refractivity contribution < 1.29 is 96.7 Å². The monoisotopic (exact) mass is 1030 g/mol. The number of rotatable bonds is 35. The molecule has 0 aromatic heterocycles. The number of carbonyl (C=O) groups is 8. The van der Waals surface area contributed by atoms with E-state index < -0.39 is 78.2 Å². The van der Waals surface area contributed by atoms with Crippen LogP contribution in [0.1, 0.15) is 58.9 Å². The number of hydrogen-bond donors (Lipinski definition) is 8. The fourth-order valence-corrected chi connectivity index (χ4v) is 6.39. The van der Waals surface area contributed by atoms with E-state index in [1.807, 2.05) is 0 Å². The van der Waals surface area contributed by atoms with Gasteiger partial charge in [0.2, 0.25) is 29.9 Å². The fourth-order valence-electron chi connectivity index (χ4n) is 6.39. The van der Waals surface area contributed by atoms with Gasteiger partial charge in [0.05, 0.1) is 77.2 Å². The molecule has 0 unspecified atom stereocenters. The van der Waals surface area contributed by atoms with E-state index in [2.05, 4.69) is 21.3 Å². The fraction of sp³-hybridized carbons (Fsp3) is 0.660. The molecule has 2 aliphatic rings. The summed E-state index contributed by atoms with van der Waals surface area (Å²) >= 11 is 0. The molecule has 6 amide bonds. The molecule has 72 heavy (non-hydrogen) atoms. The van der Waals surface area contributed by atoms with Crippen molar-refractivity contribution in [1.82, 2.24) is 20.9 Å². The first kappa shape index (κ1) is 60.8. The lowest BCUT2D eigenvalue weighted by atomic mass is 9.97. The van der Waals surface area contributed by atoms with Crippen LogP contribution >= 0.6 is 0 Å². The molecule has 0 aliphatic carbocycles. The van der Waals surface area contributed by atoms with E-state index in [0.717, 1.165) is 4.90 Å². The molecule has 0 radical (unpaired) electrons. The van der Waals surface area contributed by atoms with E-state index in [4.69, 9.17) is 37.9 Å². The number of imide groups is 1. The van der Waals surface area contributed by atoms with Gasteiger partial charge in [0, 0.05) is 69.9 Å². The Bertz CT molecular complexity index is 1940. The molecule has 0 bridgehead atoms. The van der Waals surface area contributed by atoms with Gasteiger partial charge in [-0.2, -0.15) is 0 Å². The number of nitrogens with zero attached hydrogens (tertiary/aromatic N) is 1. The maximum Gasteiger partial charge on any atom is 0.311 e. The van der Waals surface area contributed by atoms with Gasteiger partial charge in [-0.05, 0) is 38.5 Å². The van der Waals surface area contributed by atoms with E-state index in [1.54, 1.807) is 27.7 Å². The van der Waals surface area contributed by atoms with Crippen molar-refractivity contribution in [2.75, 3.05) is 104 Å². The summed E-state index contributed by atoms with van der Waals surface area (Å²) < 4.78 is 43.6. The molecule has 404 valence electrons. The minimum Gasteiger partial charge on any atom is -0.460 e. The average molecular weight is 1030 g/mol. The standard InChI is InChI=1S/C47H71N5O20/c1-30(25-32(54)11-16-65-19-21-67-23-24-68-22-20-66-17-13-49-36(55)10-15-52-39(58)7-8-40(52)59)44(63)50-14-18-69-29-38(57)48-12-9-37(56)51-33-26-31(28-70-46(64)47(2,3)4)5-6-34(33)71-45-43(62)42(61)41(60)35(27-53)72-45/h5-8,26,30,35,41-43,45,53,60-62H,9-25,27-29H2,1-4H3,(H,48,57)(H,49,55)(H,50,63)(H,51,56)/t30-,35+,41-,42-,43+,45+/m0/s1. The van der Waals surface area contributed by atoms with Crippen LogP contribution in [0.15, 0.2) is 30.4 Å². The highest BCUT2D eigenvalue weighted by atomic mass is 16.7. The number of ketones is 1. The molecule has 0 spiro atoms. The van der Waals surface area contributed by atoms with Gasteiger partial charge >= 0.3 is 5.97 Å². The predicted molar refractivity (Wildman–Crippen MR) is 250 cm³/mol. The van der Waals surface area contributed by atoms with Crippen LogP contribution in [0.4, 0.5) is 5.69 Å². The number of amides is 6. The predicted octanol–water partition coefficient (Wildman–Crippen LogP) is -1.98. The van der Waals surface area contributed by atoms with Gasteiger partial charge in [-0.3, -0.25) is 43.3 Å². The zero-order chi connectivity index (χ0) is 53.1. The van der Waals surface area contributed by atoms with Gasteiger partial charge in [-0.15, -0.1) is 0 Å². The molecule has 6 atom stereocenters. The number of nitrogens with one attached hydrogen (secondary N) is 4. The number of aliphatic hydroxyl groups excluding tert-OH is 4. The topological polar surface area (TPSA) is 343 Å². The smallest absolute Gasteiger partial charge is 0.311 e. The molecule has 8 N–H and O–H groups in total. The van der Waals surface area contributed by atoms with E-state index in [0.29, 0.717) is 38.6 Å². The Labute approximate surface area is 417 Å². The van der Waals surface area contributed by atoms with Crippen molar-refractivity contribution in [2.24, 2.45) is 11.3 Å². The third-order valence-electron chi connectivity index (χ3n) is 10.5. The van der Waals surface area contributed by atoms with Crippen LogP contribution in [0.25, 0.3) is 0 Å². The largest absolute Gasteiger partial charge is 0.460 e. The van der Waals surface area contributed by atoms with Crippen molar-refractivity contribution in [3.05, 3.63) is 35.9 Å². The molecule has 2 heterocycles. The second-order valence-corrected chi connectivity index (χ2v) is 17.6. The van der Waals surface area contributed by atoms with E-state index in [-0.39, 0.29) is 121 Å². The lowest BCUT2D eigenvalue weighted by Crippen LogP contribution is -2.60. The number of Topliss-reactive ketones (excluding diaryl/α,β-unsaturated/α-hetero) is 1. The van der Waals surface area contributed by atoms with Crippen LogP contribution in [-0.2, 0) is 78.1 Å². The van der Waals surface area contributed by atoms with Crippen molar-refractivity contribution in [3.8, 4) is 5.75 Å². The minimum atomic E-state index is -1.73. The Hall–Kier alpha value is -5.48. The van der Waals surface area contributed by atoms with Crippen LogP contribution in [0.2, 0.25) is 0 Å². The summed E-state index contributed by atoms with van der Waals surface area (Å²) in [7, 11) is 0. The molecule has 0 saturated carbocycles. The maximum absolute atomic E-state index is 13.0. The number of anilines is 1. The molecule has 1 aromatic rings. The number of aliphatic hydroxyl groups is 4. The molecule has 3 rings (SSSR count). The second-order valence-electron chi connectivity index (χ2n) is 17.6. The molecule has 25 heteroatoms. The molecule has 25 nitrogen and oxygen atoms in total. The zero-order valence-corrected chi connectivity index (χ0v) is 41.3. The Kier molecular flexibility index (Phi) is 27.5. The highest BCUT2D eigenvalue weighted by molar-refractivity contribution is 6.13. The summed E-state index contributed by atoms with van der Waals surface area (Å²) in [5.74, 6) is -3.90. The van der Waals surface area contributed by atoms with Crippen LogP contribution in [0.3, 0.4) is 0 Å². The summed E-state index contributed by atoms with van der Waals surface area (Å²) in [6, 6.07) is 4.40. The average Bonchev–Trinajstić information content (AvgIpc) is 3.66. The Morgan fingerprint density at radius 3 is 1.94 bits per heavy atom. The summed E-state index contributed by atoms with van der Waals surface area (Å²) in [6.45, 7) is 8.01. The number of benzene rings is 1. The normalized spacial score (nSPS) is 19.2. The number of esters is 1. The van der Waals surface area contributed by atoms with Gasteiger partial charge in [0.15, 0.2) is 0 Å². The minimum absolute atomic E-state index is 0.00523. The van der Waals surface area contributed by atoms with Gasteiger partial charge in [-0.1, -0.05) is 13.0 Å². The number of carbonyl (C=O) groups excluding carboxylic acids is 8. The first-order valence-electron chi connectivity index (χ1n) is 23.6. The molecule has 2 aliphatic heterocycles. The Morgan fingerprint density at radius 2 is 1.31 bits per heavy atom. The Morgan fingerprint density at radius 1 is 0.708 bits per heavy atom. The molecule has 1 saturated heterocycles. The van der Waals surface area contributed by atoms with E-state index >= 15 is 0 Å². The second kappa shape index (κ2) is 32.6. The molecule has 1 aromatic carbocycles. The third kappa shape index (κ3) is 22.9. The zero-order valence-electron chi connectivity index (χ0n) is 41.3. The van der Waals surface area contributed by atoms with Crippen molar-refractivity contribution in [2.45, 2.75) is 90.7 Å². The van der Waals surface area contributed by atoms with Crippen molar-refractivity contribution in [3.63, 3.8) is 0 Å². The van der Waals surface area contributed by atoms with Crippen LogP contribution in [0.5, 0.6) is 5.75 Å². The summed E-state index contributed by atoms with van der Waals surface area (Å²) in [5, 5.41) is 50.9. The van der Waals surface area contributed by atoms with Crippen LogP contribution < -0.4 is 26.0 Å². The summed E-state index contributed by atoms with van der Waals surface area (Å²) in [4.78, 5) is 98.4. The summed E-state index contributed by atoms with van der Waals surface area (Å²) in [5.41, 5.74) is -0.247. The first-order chi connectivity index (χ1) is 34.3. The van der Waals surface area contributed by atoms with Gasteiger partial charge in [-0.25, -0.2) is 0 Å². The lowest BCUT2D eigenvalue weighted by molar-refractivity contribution is -0.277. The van der Waals surface area contributed by atoms with E-state index in [1.165, 1.54) is 30.4 Å². The number of ether oxygens (including phenoxy) is 8. The lowest BCUT2D eigenvalue weighted by Gasteiger charge is -2.39. The van der Waals surface area contributed by atoms with Gasteiger partial charge in [0.25, 0.3) is 11.8 Å². The molecule has 1 fully saturated rings. The number of hydrogen-bond acceptors (Lipinski definition) is 20. The van der Waals surface area contributed by atoms with Gasteiger partial charge in [0.1, 0.15) is 49.2 Å². The summed E-state index contributed by atoms with van der Waals surface area (Å²) in [6.07, 6.45) is -5.60. The quantitative estimate of drug-likeness (QED) is 0.0207. The van der Waals surface area contributed by atoms with E-state index in [9.17, 15) is 58.8 Å². The van der Waals surface area contributed by atoms with Gasteiger partial charge < -0.3 is 79.6 Å². The van der Waals surface area contributed by atoms with Crippen molar-refractivity contribution in [1.29, 1.82) is 0 Å².